The molecule has 0 heterocycles. The van der Waals surface area contributed by atoms with Gasteiger partial charge in [0.15, 0.2) is 5.78 Å². The lowest BCUT2D eigenvalue weighted by atomic mass is 10.4. The Bertz CT molecular complexity index is 193. The van der Waals surface area contributed by atoms with Gasteiger partial charge in [0.05, 0.1) is 12.7 Å². The minimum Gasteiger partial charge on any atom is -0.344 e. The molecule has 1 atom stereocenters. The van der Waals surface area contributed by atoms with Gasteiger partial charge < -0.3 is 10.6 Å². The number of rotatable bonds is 6. The van der Waals surface area contributed by atoms with E-state index < -0.39 is 7.37 Å². The molecule has 0 aliphatic heterocycles. The molecule has 0 aromatic carbocycles. The normalized spacial score (nSPS) is 15.6. The molecule has 1 unspecified atom stereocenters. The quantitative estimate of drug-likeness (QED) is 0.605. The molecule has 0 aromatic heterocycles. The monoisotopic (exact) mass is 193 g/mol. The van der Waals surface area contributed by atoms with E-state index in [0.717, 1.165) is 6.42 Å². The zero-order valence-electron chi connectivity index (χ0n) is 7.32. The standard InChI is InChI=1S/C7H16NO3P/c1-2-3-4-12(10,11)6-7(9)5-8/h2-6,8H2,1H3,(H,10,11). The summed E-state index contributed by atoms with van der Waals surface area (Å²) in [6.07, 6.45) is 1.52. The largest absolute Gasteiger partial charge is 0.344 e. The number of carbonyl (C=O) groups excluding carboxylic acids is 1. The lowest BCUT2D eigenvalue weighted by molar-refractivity contribution is -0.115. The molecule has 0 aromatic rings. The Hall–Kier alpha value is -0.180. The van der Waals surface area contributed by atoms with Crippen molar-refractivity contribution in [1.29, 1.82) is 0 Å². The van der Waals surface area contributed by atoms with Crippen molar-refractivity contribution in [3.8, 4) is 0 Å². The number of hydrogen-bond acceptors (Lipinski definition) is 3. The van der Waals surface area contributed by atoms with Gasteiger partial charge in [-0.25, -0.2) is 0 Å². The third kappa shape index (κ3) is 5.47. The molecular weight excluding hydrogens is 177 g/mol. The molecule has 5 heteroatoms. The number of unbranched alkanes of at least 4 members (excludes halogenated alkanes) is 1. The molecule has 3 N–H and O–H groups in total. The predicted octanol–water partition coefficient (Wildman–Crippen LogP) is 0.585. The summed E-state index contributed by atoms with van der Waals surface area (Å²) >= 11 is 0. The van der Waals surface area contributed by atoms with Crippen molar-refractivity contribution < 1.29 is 14.3 Å². The number of Topliss-reactive ketones (excluding diaryl/α,β-unsaturated/α-hetero) is 1. The number of hydrogen-bond donors (Lipinski definition) is 2. The average molecular weight is 193 g/mol. The molecule has 0 saturated carbocycles. The minimum absolute atomic E-state index is 0.142. The fraction of sp³-hybridized carbons (Fsp3) is 0.857. The second kappa shape index (κ2) is 5.46. The summed E-state index contributed by atoms with van der Waals surface area (Å²) in [5, 5.41) is 0. The fourth-order valence-corrected chi connectivity index (χ4v) is 2.47. The zero-order valence-corrected chi connectivity index (χ0v) is 8.22. The van der Waals surface area contributed by atoms with Crippen molar-refractivity contribution in [2.24, 2.45) is 5.73 Å². The van der Waals surface area contributed by atoms with Crippen LogP contribution in [-0.2, 0) is 9.36 Å². The Balaban J connectivity index is 3.87. The van der Waals surface area contributed by atoms with Gasteiger partial charge in [-0.3, -0.25) is 9.36 Å². The van der Waals surface area contributed by atoms with Crippen LogP contribution in [0.2, 0.25) is 0 Å². The second-order valence-corrected chi connectivity index (χ2v) is 5.28. The van der Waals surface area contributed by atoms with E-state index in [1.54, 1.807) is 0 Å². The molecular formula is C7H16NO3P. The van der Waals surface area contributed by atoms with Crippen LogP contribution in [-0.4, -0.2) is 29.5 Å². The first kappa shape index (κ1) is 11.8. The second-order valence-electron chi connectivity index (χ2n) is 2.82. The van der Waals surface area contributed by atoms with Crippen LogP contribution in [0.25, 0.3) is 0 Å². The minimum atomic E-state index is -3.21. The van der Waals surface area contributed by atoms with Crippen LogP contribution in [0, 0.1) is 0 Å². The van der Waals surface area contributed by atoms with Crippen molar-refractivity contribution in [3.05, 3.63) is 0 Å². The van der Waals surface area contributed by atoms with E-state index in [1.165, 1.54) is 0 Å². The van der Waals surface area contributed by atoms with E-state index in [9.17, 15) is 14.3 Å². The van der Waals surface area contributed by atoms with Crippen LogP contribution < -0.4 is 5.73 Å². The molecule has 0 aliphatic rings. The van der Waals surface area contributed by atoms with E-state index >= 15 is 0 Å². The Kier molecular flexibility index (Phi) is 5.38. The lowest BCUT2D eigenvalue weighted by Gasteiger charge is -2.08. The summed E-state index contributed by atoms with van der Waals surface area (Å²) in [5.41, 5.74) is 5.03. The van der Waals surface area contributed by atoms with Gasteiger partial charge in [-0.1, -0.05) is 13.3 Å². The van der Waals surface area contributed by atoms with Crippen LogP contribution in [0.1, 0.15) is 19.8 Å². The molecule has 0 aliphatic carbocycles. The van der Waals surface area contributed by atoms with Gasteiger partial charge in [0.25, 0.3) is 0 Å². The third-order valence-corrected chi connectivity index (χ3v) is 3.37. The first-order chi connectivity index (χ1) is 5.52. The van der Waals surface area contributed by atoms with Crippen LogP contribution >= 0.6 is 7.37 Å². The van der Waals surface area contributed by atoms with Gasteiger partial charge in [0, 0.05) is 6.16 Å². The van der Waals surface area contributed by atoms with E-state index in [1.807, 2.05) is 6.92 Å². The van der Waals surface area contributed by atoms with E-state index in [-0.39, 0.29) is 24.7 Å². The molecule has 72 valence electrons. The van der Waals surface area contributed by atoms with Gasteiger partial charge in [-0.05, 0) is 6.42 Å². The van der Waals surface area contributed by atoms with Gasteiger partial charge in [-0.15, -0.1) is 0 Å². The van der Waals surface area contributed by atoms with E-state index in [2.05, 4.69) is 0 Å². The molecule has 4 nitrogen and oxygen atoms in total. The topological polar surface area (TPSA) is 80.4 Å². The molecule has 0 saturated heterocycles. The maximum atomic E-state index is 11.2. The molecule has 0 radical (unpaired) electrons. The highest BCUT2D eigenvalue weighted by atomic mass is 31.2. The first-order valence-corrected chi connectivity index (χ1v) is 6.07. The lowest BCUT2D eigenvalue weighted by Crippen LogP contribution is -2.18. The van der Waals surface area contributed by atoms with Crippen LogP contribution in [0.4, 0.5) is 0 Å². The highest BCUT2D eigenvalue weighted by molar-refractivity contribution is 7.58. The van der Waals surface area contributed by atoms with Crippen molar-refractivity contribution >= 4 is 13.2 Å². The Labute approximate surface area is 72.6 Å². The smallest absolute Gasteiger partial charge is 0.207 e. The number of ketones is 1. The first-order valence-electron chi connectivity index (χ1n) is 4.04. The number of carbonyl (C=O) groups is 1. The van der Waals surface area contributed by atoms with Crippen molar-refractivity contribution in [2.75, 3.05) is 18.9 Å². The van der Waals surface area contributed by atoms with Crippen LogP contribution in [0.15, 0.2) is 0 Å². The Morgan fingerprint density at radius 2 is 2.17 bits per heavy atom. The van der Waals surface area contributed by atoms with Gasteiger partial charge in [0.2, 0.25) is 7.37 Å². The zero-order chi connectivity index (χ0) is 9.61. The Morgan fingerprint density at radius 3 is 2.58 bits per heavy atom. The van der Waals surface area contributed by atoms with Crippen LogP contribution in [0.3, 0.4) is 0 Å². The summed E-state index contributed by atoms with van der Waals surface area (Å²) in [6.45, 7) is 1.79. The van der Waals surface area contributed by atoms with E-state index in [4.69, 9.17) is 5.73 Å². The number of nitrogens with two attached hydrogens (primary N) is 1. The molecule has 0 fully saturated rings. The van der Waals surface area contributed by atoms with Crippen molar-refractivity contribution in [3.63, 3.8) is 0 Å². The van der Waals surface area contributed by atoms with Crippen molar-refractivity contribution in [2.45, 2.75) is 19.8 Å². The Morgan fingerprint density at radius 1 is 1.58 bits per heavy atom. The van der Waals surface area contributed by atoms with Crippen molar-refractivity contribution in [1.82, 2.24) is 0 Å². The summed E-state index contributed by atoms with van der Waals surface area (Å²) in [5.74, 6) is -0.336. The maximum absolute atomic E-state index is 11.2. The summed E-state index contributed by atoms with van der Waals surface area (Å²) in [4.78, 5) is 20.0. The molecule has 0 rings (SSSR count). The SMILES string of the molecule is CCCCP(=O)(O)CC(=O)CN. The molecule has 0 bridgehead atoms. The molecule has 0 amide bonds. The predicted molar refractivity (Wildman–Crippen MR) is 48.5 cm³/mol. The third-order valence-electron chi connectivity index (χ3n) is 1.51. The maximum Gasteiger partial charge on any atom is 0.207 e. The molecule has 0 spiro atoms. The average Bonchev–Trinajstić information content (AvgIpc) is 2.00. The van der Waals surface area contributed by atoms with Gasteiger partial charge in [0.1, 0.15) is 0 Å². The highest BCUT2D eigenvalue weighted by Crippen LogP contribution is 2.40. The van der Waals surface area contributed by atoms with E-state index in [0.29, 0.717) is 6.42 Å². The summed E-state index contributed by atoms with van der Waals surface area (Å²) in [6, 6.07) is 0. The van der Waals surface area contributed by atoms with Gasteiger partial charge >= 0.3 is 0 Å². The molecule has 12 heavy (non-hydrogen) atoms. The van der Waals surface area contributed by atoms with Gasteiger partial charge in [-0.2, -0.15) is 0 Å². The van der Waals surface area contributed by atoms with Crippen LogP contribution in [0.5, 0.6) is 0 Å². The fourth-order valence-electron chi connectivity index (χ4n) is 0.824. The summed E-state index contributed by atoms with van der Waals surface area (Å²) < 4.78 is 11.2. The summed E-state index contributed by atoms with van der Waals surface area (Å²) in [7, 11) is -3.21. The highest BCUT2D eigenvalue weighted by Gasteiger charge is 2.20.